The van der Waals surface area contributed by atoms with Crippen molar-refractivity contribution in [1.29, 1.82) is 0 Å². The molecule has 1 aliphatic carbocycles. The van der Waals surface area contributed by atoms with Gasteiger partial charge in [-0.25, -0.2) is 14.4 Å². The molecule has 0 unspecified atom stereocenters. The second-order valence-corrected chi connectivity index (χ2v) is 7.98. The average Bonchev–Trinajstić information content (AvgIpc) is 3.36. The molecule has 0 bridgehead atoms. The molecule has 0 radical (unpaired) electrons. The van der Waals surface area contributed by atoms with Gasteiger partial charge in [-0.15, -0.1) is 0 Å². The van der Waals surface area contributed by atoms with Crippen molar-refractivity contribution in [3.8, 4) is 17.3 Å². The maximum Gasteiger partial charge on any atom is 0.215 e. The van der Waals surface area contributed by atoms with Crippen molar-refractivity contribution in [2.75, 3.05) is 13.2 Å². The number of halogens is 1. The molecule has 3 aromatic rings. The van der Waals surface area contributed by atoms with E-state index >= 15 is 0 Å². The van der Waals surface area contributed by atoms with Crippen LogP contribution in [0.15, 0.2) is 36.5 Å². The van der Waals surface area contributed by atoms with Crippen molar-refractivity contribution in [3.05, 3.63) is 42.3 Å². The molecule has 3 atom stereocenters. The van der Waals surface area contributed by atoms with Crippen LogP contribution in [0.1, 0.15) is 38.1 Å². The second-order valence-electron chi connectivity index (χ2n) is 7.98. The highest BCUT2D eigenvalue weighted by Crippen LogP contribution is 2.37. The van der Waals surface area contributed by atoms with Gasteiger partial charge in [0.2, 0.25) is 5.88 Å². The summed E-state index contributed by atoms with van der Waals surface area (Å²) in [6.45, 7) is 1.29. The predicted molar refractivity (Wildman–Crippen MR) is 108 cm³/mol. The van der Waals surface area contributed by atoms with Crippen LogP contribution in [0.5, 0.6) is 5.88 Å². The van der Waals surface area contributed by atoms with Crippen LogP contribution < -0.4 is 10.5 Å². The number of hydrogen-bond acceptors (Lipinski definition) is 5. The first-order chi connectivity index (χ1) is 14.2. The van der Waals surface area contributed by atoms with Gasteiger partial charge in [-0.3, -0.25) is 0 Å². The fraction of sp³-hybridized carbons (Fsp3) is 0.455. The third-order valence-electron chi connectivity index (χ3n) is 5.89. The third-order valence-corrected chi connectivity index (χ3v) is 5.89. The lowest BCUT2D eigenvalue weighted by Gasteiger charge is -2.29. The number of imidazole rings is 1. The van der Waals surface area contributed by atoms with Gasteiger partial charge in [0.25, 0.3) is 0 Å². The quantitative estimate of drug-likeness (QED) is 0.725. The summed E-state index contributed by atoms with van der Waals surface area (Å²) < 4.78 is 28.2. The molecule has 2 N–H and O–H groups in total. The number of nitrogens with two attached hydrogens (primary N) is 1. The zero-order chi connectivity index (χ0) is 19.8. The maximum absolute atomic E-state index is 14.6. The molecule has 5 rings (SSSR count). The number of aromatic nitrogens is 3. The molecule has 1 aromatic carbocycles. The first kappa shape index (κ1) is 18.5. The molecule has 0 spiro atoms. The molecule has 2 fully saturated rings. The number of rotatable bonds is 4. The molecule has 152 valence electrons. The summed E-state index contributed by atoms with van der Waals surface area (Å²) in [4.78, 5) is 9.19. The van der Waals surface area contributed by atoms with Crippen molar-refractivity contribution in [3.63, 3.8) is 0 Å². The van der Waals surface area contributed by atoms with Gasteiger partial charge in [0.1, 0.15) is 23.3 Å². The van der Waals surface area contributed by atoms with Gasteiger partial charge in [-0.05, 0) is 37.8 Å². The van der Waals surface area contributed by atoms with E-state index in [2.05, 4.69) is 9.55 Å². The topological polar surface area (TPSA) is 75.2 Å². The molecule has 1 saturated heterocycles. The van der Waals surface area contributed by atoms with Crippen LogP contribution in [0, 0.1) is 5.82 Å². The molecule has 2 aromatic heterocycles. The standard InChI is InChI=1S/C22H25FN4O2/c23-18-7-2-1-6-17(18)22-26-19-12-25-21(29-16-8-9-28-13-16)11-20(19)27(22)15-5-3-4-14(24)10-15/h1-2,6-7,11-12,14-16H,3-5,8-10,13,24H2/t14-,15+,16-/m0/s1. The SMILES string of the molecule is N[C@H]1CCC[C@@H](n2c(-c3ccccc3F)nc3cnc(O[C@H]4CCOC4)cc32)C1. The highest BCUT2D eigenvalue weighted by Gasteiger charge is 2.27. The van der Waals surface area contributed by atoms with Gasteiger partial charge in [-0.2, -0.15) is 0 Å². The van der Waals surface area contributed by atoms with Gasteiger partial charge in [0.15, 0.2) is 0 Å². The van der Waals surface area contributed by atoms with E-state index in [0.717, 1.165) is 43.1 Å². The van der Waals surface area contributed by atoms with Crippen LogP contribution in [-0.2, 0) is 4.74 Å². The lowest BCUT2D eigenvalue weighted by molar-refractivity contribution is 0.138. The van der Waals surface area contributed by atoms with Crippen molar-refractivity contribution in [1.82, 2.24) is 14.5 Å². The van der Waals surface area contributed by atoms with E-state index in [1.54, 1.807) is 18.3 Å². The van der Waals surface area contributed by atoms with E-state index in [1.165, 1.54) is 6.07 Å². The molecule has 0 amide bonds. The van der Waals surface area contributed by atoms with Crippen molar-refractivity contribution in [2.45, 2.75) is 50.3 Å². The van der Waals surface area contributed by atoms with Crippen LogP contribution in [0.2, 0.25) is 0 Å². The van der Waals surface area contributed by atoms with Gasteiger partial charge in [0.05, 0.1) is 30.5 Å². The Hall–Kier alpha value is -2.51. The summed E-state index contributed by atoms with van der Waals surface area (Å²) >= 11 is 0. The maximum atomic E-state index is 14.6. The largest absolute Gasteiger partial charge is 0.472 e. The minimum atomic E-state index is -0.281. The zero-order valence-corrected chi connectivity index (χ0v) is 16.3. The van der Waals surface area contributed by atoms with Crippen LogP contribution in [0.4, 0.5) is 4.39 Å². The predicted octanol–water partition coefficient (Wildman–Crippen LogP) is 3.85. The Morgan fingerprint density at radius 2 is 2.10 bits per heavy atom. The Labute approximate surface area is 168 Å². The Morgan fingerprint density at radius 3 is 2.90 bits per heavy atom. The summed E-state index contributed by atoms with van der Waals surface area (Å²) in [5.41, 5.74) is 8.41. The number of benzene rings is 1. The van der Waals surface area contributed by atoms with Gasteiger partial charge in [-0.1, -0.05) is 12.1 Å². The molecule has 2 aliphatic rings. The Balaban J connectivity index is 1.63. The molecule has 7 heteroatoms. The summed E-state index contributed by atoms with van der Waals surface area (Å²) in [7, 11) is 0. The lowest BCUT2D eigenvalue weighted by atomic mass is 9.91. The molecular formula is C22H25FN4O2. The van der Waals surface area contributed by atoms with Gasteiger partial charge >= 0.3 is 0 Å². The summed E-state index contributed by atoms with van der Waals surface area (Å²) in [6, 6.07) is 9.01. The van der Waals surface area contributed by atoms with Crippen LogP contribution in [0.25, 0.3) is 22.4 Å². The van der Waals surface area contributed by atoms with Gasteiger partial charge in [0, 0.05) is 24.6 Å². The van der Waals surface area contributed by atoms with Crippen LogP contribution >= 0.6 is 0 Å². The molecule has 29 heavy (non-hydrogen) atoms. The molecule has 1 aliphatic heterocycles. The van der Waals surface area contributed by atoms with Crippen molar-refractivity contribution < 1.29 is 13.9 Å². The Kier molecular flexibility index (Phi) is 4.93. The average molecular weight is 396 g/mol. The number of pyridine rings is 1. The summed E-state index contributed by atoms with van der Waals surface area (Å²) in [5, 5.41) is 0. The highest BCUT2D eigenvalue weighted by atomic mass is 19.1. The van der Waals surface area contributed by atoms with E-state index < -0.39 is 0 Å². The molecular weight excluding hydrogens is 371 g/mol. The molecule has 3 heterocycles. The molecule has 1 saturated carbocycles. The van der Waals surface area contributed by atoms with E-state index in [4.69, 9.17) is 20.2 Å². The first-order valence-electron chi connectivity index (χ1n) is 10.3. The number of nitrogens with zero attached hydrogens (tertiary/aromatic N) is 3. The lowest BCUT2D eigenvalue weighted by Crippen LogP contribution is -2.29. The second kappa shape index (κ2) is 7.72. The van der Waals surface area contributed by atoms with Crippen molar-refractivity contribution >= 4 is 11.0 Å². The van der Waals surface area contributed by atoms with Crippen molar-refractivity contribution in [2.24, 2.45) is 5.73 Å². The summed E-state index contributed by atoms with van der Waals surface area (Å²) in [6.07, 6.45) is 6.51. The monoisotopic (exact) mass is 396 g/mol. The summed E-state index contributed by atoms with van der Waals surface area (Å²) in [5.74, 6) is 0.895. The van der Waals surface area contributed by atoms with Gasteiger partial charge < -0.3 is 19.8 Å². The number of hydrogen-bond donors (Lipinski definition) is 1. The van der Waals surface area contributed by atoms with E-state index in [0.29, 0.717) is 30.5 Å². The third kappa shape index (κ3) is 3.60. The van der Waals surface area contributed by atoms with Crippen LogP contribution in [0.3, 0.4) is 0 Å². The van der Waals surface area contributed by atoms with E-state index in [9.17, 15) is 4.39 Å². The smallest absolute Gasteiger partial charge is 0.215 e. The molecule has 6 nitrogen and oxygen atoms in total. The van der Waals surface area contributed by atoms with E-state index in [1.807, 2.05) is 12.1 Å². The fourth-order valence-corrected chi connectivity index (χ4v) is 4.46. The Morgan fingerprint density at radius 1 is 1.21 bits per heavy atom. The fourth-order valence-electron chi connectivity index (χ4n) is 4.46. The van der Waals surface area contributed by atoms with E-state index in [-0.39, 0.29) is 24.0 Å². The normalized spacial score (nSPS) is 24.8. The number of fused-ring (bicyclic) bond motifs is 1. The van der Waals surface area contributed by atoms with Crippen LogP contribution in [-0.4, -0.2) is 39.9 Å². The minimum absolute atomic E-state index is 0.0189. The zero-order valence-electron chi connectivity index (χ0n) is 16.3. The Bertz CT molecular complexity index is 1020. The minimum Gasteiger partial charge on any atom is -0.472 e. The first-order valence-corrected chi connectivity index (χ1v) is 10.3. The number of ether oxygens (including phenoxy) is 2. The highest BCUT2D eigenvalue weighted by molar-refractivity contribution is 5.81.